The minimum absolute atomic E-state index is 0.130. The van der Waals surface area contributed by atoms with Gasteiger partial charge in [0.1, 0.15) is 17.6 Å². The Morgan fingerprint density at radius 3 is 2.83 bits per heavy atom. The number of methoxy groups -OCH3 is 1. The number of carbonyl (C=O) groups is 1. The molecule has 1 aliphatic rings. The topological polar surface area (TPSA) is 92.4 Å². The Balaban J connectivity index is 1.58. The third-order valence-electron chi connectivity index (χ3n) is 5.07. The van der Waals surface area contributed by atoms with Gasteiger partial charge in [-0.1, -0.05) is 0 Å². The van der Waals surface area contributed by atoms with Gasteiger partial charge in [-0.15, -0.1) is 0 Å². The number of ether oxygens (including phenoxy) is 2. The molecule has 0 spiro atoms. The van der Waals surface area contributed by atoms with Crippen molar-refractivity contribution in [2.24, 2.45) is 0 Å². The molecule has 0 saturated carbocycles. The van der Waals surface area contributed by atoms with E-state index in [-0.39, 0.29) is 5.91 Å². The van der Waals surface area contributed by atoms with E-state index in [0.717, 1.165) is 5.39 Å². The van der Waals surface area contributed by atoms with E-state index in [9.17, 15) is 9.18 Å². The molecule has 1 aliphatic heterocycles. The van der Waals surface area contributed by atoms with E-state index in [0.29, 0.717) is 67.0 Å². The van der Waals surface area contributed by atoms with Crippen LogP contribution in [0, 0.1) is 0 Å². The van der Waals surface area contributed by atoms with Gasteiger partial charge >= 0.3 is 0 Å². The molecule has 1 saturated heterocycles. The van der Waals surface area contributed by atoms with Crippen molar-refractivity contribution in [2.45, 2.75) is 25.9 Å². The van der Waals surface area contributed by atoms with Gasteiger partial charge in [-0.05, 0) is 44.0 Å². The van der Waals surface area contributed by atoms with Crippen LogP contribution in [-0.4, -0.2) is 58.7 Å². The molecule has 0 radical (unpaired) electrons. The number of carbonyl (C=O) groups excluding carboxylic acids is 1. The highest BCUT2D eigenvalue weighted by atomic mass is 19.1. The smallest absolute Gasteiger partial charge is 0.253 e. The molecule has 2 N–H and O–H groups in total. The van der Waals surface area contributed by atoms with Crippen molar-refractivity contribution < 1.29 is 18.7 Å². The van der Waals surface area contributed by atoms with E-state index in [2.05, 4.69) is 20.3 Å². The number of piperidine rings is 1. The number of aromatic amines is 1. The number of likely N-dealkylation sites (tertiary alicyclic amines) is 1. The van der Waals surface area contributed by atoms with Crippen molar-refractivity contribution in [2.75, 3.05) is 32.1 Å². The number of hydrogen-bond donors (Lipinski definition) is 2. The standard InChI is InChI=1S/C21H24FN5O3/c1-3-30-19-15-6-9-23-18(15)25-21(26-19)24-16-5-4-13(12-17(16)29-2)20(28)27-10-7-14(22)8-11-27/h4-6,9,12,14H,3,7-8,10-11H2,1-2H3,(H2,23,24,25,26). The van der Waals surface area contributed by atoms with Gasteiger partial charge < -0.3 is 24.7 Å². The molecule has 3 heterocycles. The summed E-state index contributed by atoms with van der Waals surface area (Å²) in [7, 11) is 1.53. The number of nitrogens with zero attached hydrogens (tertiary/aromatic N) is 3. The Kier molecular flexibility index (Phi) is 5.69. The third-order valence-corrected chi connectivity index (χ3v) is 5.07. The molecular formula is C21H24FN5O3. The van der Waals surface area contributed by atoms with Crippen LogP contribution in [0.4, 0.5) is 16.0 Å². The molecule has 2 aromatic heterocycles. The number of halogens is 1. The van der Waals surface area contributed by atoms with Gasteiger partial charge in [0, 0.05) is 24.8 Å². The molecule has 1 fully saturated rings. The summed E-state index contributed by atoms with van der Waals surface area (Å²) in [5.74, 6) is 1.17. The Hall–Kier alpha value is -3.36. The second kappa shape index (κ2) is 8.56. The Labute approximate surface area is 173 Å². The molecule has 3 aromatic rings. The van der Waals surface area contributed by atoms with Crippen LogP contribution in [-0.2, 0) is 0 Å². The van der Waals surface area contributed by atoms with Gasteiger partial charge in [0.25, 0.3) is 5.91 Å². The van der Waals surface area contributed by atoms with Gasteiger partial charge in [0.2, 0.25) is 11.8 Å². The van der Waals surface area contributed by atoms with Gasteiger partial charge in [0.15, 0.2) is 0 Å². The molecule has 1 aromatic carbocycles. The van der Waals surface area contributed by atoms with Crippen LogP contribution in [0.25, 0.3) is 11.0 Å². The first kappa shape index (κ1) is 19.9. The van der Waals surface area contributed by atoms with Crippen LogP contribution >= 0.6 is 0 Å². The first-order valence-electron chi connectivity index (χ1n) is 9.95. The number of anilines is 2. The normalized spacial score (nSPS) is 14.7. The maximum Gasteiger partial charge on any atom is 0.253 e. The number of fused-ring (bicyclic) bond motifs is 1. The Morgan fingerprint density at radius 2 is 2.10 bits per heavy atom. The van der Waals surface area contributed by atoms with Crippen molar-refractivity contribution in [3.63, 3.8) is 0 Å². The summed E-state index contributed by atoms with van der Waals surface area (Å²) < 4.78 is 24.5. The number of aromatic nitrogens is 3. The van der Waals surface area contributed by atoms with Gasteiger partial charge in [-0.25, -0.2) is 4.39 Å². The number of H-pyrrole nitrogens is 1. The van der Waals surface area contributed by atoms with Crippen LogP contribution in [0.3, 0.4) is 0 Å². The highest BCUT2D eigenvalue weighted by molar-refractivity contribution is 5.95. The third kappa shape index (κ3) is 4.00. The number of benzene rings is 1. The molecule has 0 aliphatic carbocycles. The lowest BCUT2D eigenvalue weighted by Gasteiger charge is -2.28. The number of hydrogen-bond acceptors (Lipinski definition) is 6. The predicted molar refractivity (Wildman–Crippen MR) is 111 cm³/mol. The summed E-state index contributed by atoms with van der Waals surface area (Å²) in [6, 6.07) is 6.99. The van der Waals surface area contributed by atoms with Crippen molar-refractivity contribution in [1.29, 1.82) is 0 Å². The van der Waals surface area contributed by atoms with Crippen molar-refractivity contribution in [3.05, 3.63) is 36.0 Å². The van der Waals surface area contributed by atoms with Crippen LogP contribution in [0.15, 0.2) is 30.5 Å². The Morgan fingerprint density at radius 1 is 1.30 bits per heavy atom. The summed E-state index contributed by atoms with van der Waals surface area (Å²) in [6.07, 6.45) is 1.71. The SMILES string of the molecule is CCOc1nc(Nc2ccc(C(=O)N3CCC(F)CC3)cc2OC)nc2[nH]ccc12. The second-order valence-corrected chi connectivity index (χ2v) is 7.03. The van der Waals surface area contributed by atoms with Gasteiger partial charge in [-0.2, -0.15) is 9.97 Å². The van der Waals surface area contributed by atoms with Crippen LogP contribution in [0.2, 0.25) is 0 Å². The van der Waals surface area contributed by atoms with Crippen LogP contribution < -0.4 is 14.8 Å². The fourth-order valence-electron chi connectivity index (χ4n) is 3.50. The van der Waals surface area contributed by atoms with E-state index in [4.69, 9.17) is 9.47 Å². The first-order chi connectivity index (χ1) is 14.6. The monoisotopic (exact) mass is 413 g/mol. The molecular weight excluding hydrogens is 389 g/mol. The molecule has 0 bridgehead atoms. The number of nitrogens with one attached hydrogen (secondary N) is 2. The summed E-state index contributed by atoms with van der Waals surface area (Å²) >= 11 is 0. The highest BCUT2D eigenvalue weighted by Gasteiger charge is 2.24. The second-order valence-electron chi connectivity index (χ2n) is 7.03. The zero-order chi connectivity index (χ0) is 21.1. The van der Waals surface area contributed by atoms with E-state index < -0.39 is 6.17 Å². The summed E-state index contributed by atoms with van der Waals surface area (Å²) in [5.41, 5.74) is 1.76. The zero-order valence-corrected chi connectivity index (χ0v) is 16.9. The highest BCUT2D eigenvalue weighted by Crippen LogP contribution is 2.31. The minimum Gasteiger partial charge on any atom is -0.495 e. The van der Waals surface area contributed by atoms with E-state index in [1.807, 2.05) is 13.0 Å². The molecule has 9 heteroatoms. The van der Waals surface area contributed by atoms with E-state index in [1.165, 1.54) is 7.11 Å². The lowest BCUT2D eigenvalue weighted by molar-refractivity contribution is 0.0666. The average molecular weight is 413 g/mol. The number of rotatable bonds is 6. The van der Waals surface area contributed by atoms with Crippen molar-refractivity contribution >= 4 is 28.6 Å². The molecule has 1 amide bonds. The molecule has 0 atom stereocenters. The van der Waals surface area contributed by atoms with Crippen molar-refractivity contribution in [3.8, 4) is 11.6 Å². The molecule has 8 nitrogen and oxygen atoms in total. The predicted octanol–water partition coefficient (Wildman–Crippen LogP) is 3.68. The number of amides is 1. The summed E-state index contributed by atoms with van der Waals surface area (Å²) in [4.78, 5) is 26.4. The zero-order valence-electron chi connectivity index (χ0n) is 16.9. The quantitative estimate of drug-likeness (QED) is 0.640. The number of alkyl halides is 1. The summed E-state index contributed by atoms with van der Waals surface area (Å²) in [6.45, 7) is 3.22. The van der Waals surface area contributed by atoms with Crippen LogP contribution in [0.1, 0.15) is 30.1 Å². The fraction of sp³-hybridized carbons (Fsp3) is 0.381. The fourth-order valence-corrected chi connectivity index (χ4v) is 3.50. The summed E-state index contributed by atoms with van der Waals surface area (Å²) in [5, 5.41) is 3.93. The maximum atomic E-state index is 13.4. The molecule has 158 valence electrons. The van der Waals surface area contributed by atoms with E-state index in [1.54, 1.807) is 29.3 Å². The minimum atomic E-state index is -0.825. The van der Waals surface area contributed by atoms with Gasteiger partial charge in [0.05, 0.1) is 24.8 Å². The lowest BCUT2D eigenvalue weighted by atomic mass is 10.1. The maximum absolute atomic E-state index is 13.4. The molecule has 4 rings (SSSR count). The molecule has 0 unspecified atom stereocenters. The Bertz CT molecular complexity index is 1050. The van der Waals surface area contributed by atoms with Crippen molar-refractivity contribution in [1.82, 2.24) is 19.9 Å². The molecule has 30 heavy (non-hydrogen) atoms. The van der Waals surface area contributed by atoms with Gasteiger partial charge in [-0.3, -0.25) is 4.79 Å². The van der Waals surface area contributed by atoms with Crippen LogP contribution in [0.5, 0.6) is 11.6 Å². The largest absolute Gasteiger partial charge is 0.495 e. The average Bonchev–Trinajstić information content (AvgIpc) is 3.23. The van der Waals surface area contributed by atoms with E-state index >= 15 is 0 Å². The first-order valence-corrected chi connectivity index (χ1v) is 9.95. The lowest BCUT2D eigenvalue weighted by Crippen LogP contribution is -2.39.